The van der Waals surface area contributed by atoms with E-state index in [0.29, 0.717) is 0 Å². The largest absolute Gasteiger partial charge is 0.389 e. The van der Waals surface area contributed by atoms with Gasteiger partial charge in [0.15, 0.2) is 0 Å². The minimum absolute atomic E-state index is 0.412. The lowest BCUT2D eigenvalue weighted by atomic mass is 10.2. The summed E-state index contributed by atoms with van der Waals surface area (Å²) in [6, 6.07) is 9.98. The van der Waals surface area contributed by atoms with E-state index in [-0.39, 0.29) is 0 Å². The highest BCUT2D eigenvalue weighted by Gasteiger charge is 2.19. The van der Waals surface area contributed by atoms with Crippen molar-refractivity contribution >= 4 is 7.92 Å². The highest BCUT2D eigenvalue weighted by atomic mass is 31.1. The number of aliphatic hydroxyl groups excluding tert-OH is 2. The Morgan fingerprint density at radius 3 is 2.00 bits per heavy atom. The topological polar surface area (TPSA) is 40.5 Å². The van der Waals surface area contributed by atoms with Crippen LogP contribution in [0.2, 0.25) is 0 Å². The Morgan fingerprint density at radius 1 is 1.07 bits per heavy atom. The molecule has 1 rings (SSSR count). The van der Waals surface area contributed by atoms with Gasteiger partial charge in [-0.05, 0) is 33.5 Å². The van der Waals surface area contributed by atoms with Crippen LogP contribution in [0.3, 0.4) is 0 Å². The summed E-state index contributed by atoms with van der Waals surface area (Å²) >= 11 is 0. The fourth-order valence-corrected chi connectivity index (χ4v) is 3.16. The predicted octanol–water partition coefficient (Wildman–Crippen LogP) is 2.35. The molecule has 2 unspecified atom stereocenters. The minimum Gasteiger partial charge on any atom is -0.389 e. The van der Waals surface area contributed by atoms with E-state index in [0.717, 1.165) is 6.16 Å². The van der Waals surface area contributed by atoms with Gasteiger partial charge in [-0.25, -0.2) is 0 Å². The molecule has 0 spiro atoms. The SMILES string of the molecule is CC(O)P(Cc1ccccc1)C(C)O. The Bertz CT molecular complexity index is 251. The van der Waals surface area contributed by atoms with Crippen LogP contribution in [-0.4, -0.2) is 21.9 Å². The third kappa shape index (κ3) is 3.38. The molecule has 14 heavy (non-hydrogen) atoms. The molecule has 0 saturated heterocycles. The number of benzene rings is 1. The normalized spacial score (nSPS) is 17.4. The maximum Gasteiger partial charge on any atom is 0.0730 e. The van der Waals surface area contributed by atoms with Crippen molar-refractivity contribution in [3.8, 4) is 0 Å². The first-order valence-electron chi connectivity index (χ1n) is 4.77. The molecule has 0 radical (unpaired) electrons. The van der Waals surface area contributed by atoms with Crippen LogP contribution in [0.25, 0.3) is 0 Å². The Hall–Kier alpha value is -0.430. The van der Waals surface area contributed by atoms with Crippen molar-refractivity contribution in [3.05, 3.63) is 35.9 Å². The van der Waals surface area contributed by atoms with Crippen LogP contribution in [0, 0.1) is 0 Å². The van der Waals surface area contributed by atoms with Gasteiger partial charge in [0.25, 0.3) is 0 Å². The van der Waals surface area contributed by atoms with Crippen LogP contribution in [0.1, 0.15) is 19.4 Å². The lowest BCUT2D eigenvalue weighted by molar-refractivity contribution is 0.244. The molecule has 0 bridgehead atoms. The van der Waals surface area contributed by atoms with Gasteiger partial charge < -0.3 is 10.2 Å². The van der Waals surface area contributed by atoms with Gasteiger partial charge in [-0.15, -0.1) is 0 Å². The zero-order valence-electron chi connectivity index (χ0n) is 8.59. The van der Waals surface area contributed by atoms with Crippen LogP contribution >= 0.6 is 7.92 Å². The van der Waals surface area contributed by atoms with Crippen molar-refractivity contribution in [1.82, 2.24) is 0 Å². The first-order chi connectivity index (χ1) is 6.61. The van der Waals surface area contributed by atoms with Crippen LogP contribution in [0.5, 0.6) is 0 Å². The maximum atomic E-state index is 9.51. The van der Waals surface area contributed by atoms with Gasteiger partial charge in [-0.2, -0.15) is 0 Å². The number of hydrogen-bond donors (Lipinski definition) is 2. The predicted molar refractivity (Wildman–Crippen MR) is 60.4 cm³/mol. The van der Waals surface area contributed by atoms with Crippen molar-refractivity contribution in [1.29, 1.82) is 0 Å². The summed E-state index contributed by atoms with van der Waals surface area (Å²) in [5, 5.41) is 19.0. The lowest BCUT2D eigenvalue weighted by Crippen LogP contribution is -2.10. The summed E-state index contributed by atoms with van der Waals surface area (Å²) in [7, 11) is -0.744. The standard InChI is InChI=1S/C11H17O2P/c1-9(12)14(10(2)13)8-11-6-4-3-5-7-11/h3-7,9-10,12-13H,8H2,1-2H3. The smallest absolute Gasteiger partial charge is 0.0730 e. The Morgan fingerprint density at radius 2 is 1.57 bits per heavy atom. The average molecular weight is 212 g/mol. The average Bonchev–Trinajstić information content (AvgIpc) is 2.15. The van der Waals surface area contributed by atoms with Crippen molar-refractivity contribution in [2.75, 3.05) is 0 Å². The summed E-state index contributed by atoms with van der Waals surface area (Å²) in [5.41, 5.74) is 1.18. The Balaban J connectivity index is 2.65. The Labute approximate surface area is 86.3 Å². The van der Waals surface area contributed by atoms with Crippen molar-refractivity contribution in [3.63, 3.8) is 0 Å². The summed E-state index contributed by atoms with van der Waals surface area (Å²) in [6.07, 6.45) is 0.783. The van der Waals surface area contributed by atoms with Gasteiger partial charge >= 0.3 is 0 Å². The van der Waals surface area contributed by atoms with E-state index in [1.807, 2.05) is 30.3 Å². The van der Waals surface area contributed by atoms with Gasteiger partial charge in [-0.1, -0.05) is 30.3 Å². The first-order valence-corrected chi connectivity index (χ1v) is 6.43. The van der Waals surface area contributed by atoms with E-state index in [2.05, 4.69) is 0 Å². The van der Waals surface area contributed by atoms with Gasteiger partial charge in [0, 0.05) is 0 Å². The number of aliphatic hydroxyl groups is 2. The van der Waals surface area contributed by atoms with Crippen LogP contribution < -0.4 is 0 Å². The van der Waals surface area contributed by atoms with Crippen LogP contribution in [0.15, 0.2) is 30.3 Å². The lowest BCUT2D eigenvalue weighted by Gasteiger charge is -2.23. The quantitative estimate of drug-likeness (QED) is 0.752. The van der Waals surface area contributed by atoms with E-state index in [1.165, 1.54) is 5.56 Å². The monoisotopic (exact) mass is 212 g/mol. The van der Waals surface area contributed by atoms with Crippen LogP contribution in [-0.2, 0) is 6.16 Å². The summed E-state index contributed by atoms with van der Waals surface area (Å²) < 4.78 is 0. The molecule has 1 aromatic rings. The first kappa shape index (κ1) is 11.6. The van der Waals surface area contributed by atoms with E-state index in [9.17, 15) is 10.2 Å². The Kier molecular flexibility index (Phi) is 4.53. The molecular formula is C11H17O2P. The molecule has 0 saturated carbocycles. The van der Waals surface area contributed by atoms with Crippen molar-refractivity contribution in [2.24, 2.45) is 0 Å². The molecule has 0 aromatic heterocycles. The highest BCUT2D eigenvalue weighted by Crippen LogP contribution is 2.46. The molecule has 0 aliphatic carbocycles. The maximum absolute atomic E-state index is 9.51. The van der Waals surface area contributed by atoms with Gasteiger partial charge in [0.05, 0.1) is 11.7 Å². The van der Waals surface area contributed by atoms with Gasteiger partial charge in [0.2, 0.25) is 0 Å². The van der Waals surface area contributed by atoms with Crippen molar-refractivity contribution in [2.45, 2.75) is 31.7 Å². The van der Waals surface area contributed by atoms with Gasteiger partial charge in [0.1, 0.15) is 0 Å². The number of hydrogen-bond acceptors (Lipinski definition) is 2. The van der Waals surface area contributed by atoms with E-state index in [4.69, 9.17) is 0 Å². The molecule has 78 valence electrons. The third-order valence-electron chi connectivity index (χ3n) is 2.17. The zero-order chi connectivity index (χ0) is 10.6. The molecule has 1 aromatic carbocycles. The molecule has 0 aliphatic rings. The zero-order valence-corrected chi connectivity index (χ0v) is 9.48. The number of rotatable bonds is 4. The van der Waals surface area contributed by atoms with E-state index < -0.39 is 19.6 Å². The summed E-state index contributed by atoms with van der Waals surface area (Å²) in [5.74, 6) is -0.824. The molecule has 3 heteroatoms. The molecule has 2 N–H and O–H groups in total. The fraction of sp³-hybridized carbons (Fsp3) is 0.455. The van der Waals surface area contributed by atoms with Crippen molar-refractivity contribution < 1.29 is 10.2 Å². The van der Waals surface area contributed by atoms with E-state index in [1.54, 1.807) is 13.8 Å². The van der Waals surface area contributed by atoms with E-state index >= 15 is 0 Å². The minimum atomic E-state index is -0.744. The molecule has 0 fully saturated rings. The molecule has 0 heterocycles. The molecule has 0 aliphatic heterocycles. The molecule has 0 amide bonds. The van der Waals surface area contributed by atoms with Crippen LogP contribution in [0.4, 0.5) is 0 Å². The second-order valence-corrected chi connectivity index (χ2v) is 6.26. The second-order valence-electron chi connectivity index (χ2n) is 3.42. The summed E-state index contributed by atoms with van der Waals surface area (Å²) in [4.78, 5) is 0. The summed E-state index contributed by atoms with van der Waals surface area (Å²) in [6.45, 7) is 3.50. The molecular weight excluding hydrogens is 195 g/mol. The molecule has 2 nitrogen and oxygen atoms in total. The third-order valence-corrected chi connectivity index (χ3v) is 4.82. The fourth-order valence-electron chi connectivity index (χ4n) is 1.37. The van der Waals surface area contributed by atoms with Gasteiger partial charge in [-0.3, -0.25) is 0 Å². The highest BCUT2D eigenvalue weighted by molar-refractivity contribution is 7.57. The molecule has 2 atom stereocenters. The second kappa shape index (κ2) is 5.45.